The summed E-state index contributed by atoms with van der Waals surface area (Å²) in [5.41, 5.74) is 0.0794. The average molecular weight is 320 g/mol. The number of anilines is 1. The minimum Gasteiger partial charge on any atom is -0.394 e. The monoisotopic (exact) mass is 320 g/mol. The zero-order valence-corrected chi connectivity index (χ0v) is 14.3. The van der Waals surface area contributed by atoms with E-state index >= 15 is 0 Å². The number of carbonyl (C=O) groups is 1. The summed E-state index contributed by atoms with van der Waals surface area (Å²) in [5.74, 6) is 0.941. The third-order valence-corrected chi connectivity index (χ3v) is 4.16. The Labute approximate surface area is 138 Å². The molecule has 23 heavy (non-hydrogen) atoms. The van der Waals surface area contributed by atoms with E-state index in [-0.39, 0.29) is 29.9 Å². The van der Waals surface area contributed by atoms with Crippen LogP contribution in [0.15, 0.2) is 18.6 Å². The van der Waals surface area contributed by atoms with E-state index in [0.717, 1.165) is 38.2 Å². The number of rotatable bonds is 5. The van der Waals surface area contributed by atoms with E-state index in [4.69, 9.17) is 0 Å². The second-order valence-corrected chi connectivity index (χ2v) is 7.48. The van der Waals surface area contributed by atoms with Crippen molar-refractivity contribution >= 4 is 11.7 Å². The van der Waals surface area contributed by atoms with Gasteiger partial charge in [0.2, 0.25) is 5.91 Å². The van der Waals surface area contributed by atoms with Gasteiger partial charge in [-0.15, -0.1) is 0 Å². The summed E-state index contributed by atoms with van der Waals surface area (Å²) in [4.78, 5) is 23.0. The molecule has 1 aliphatic rings. The molecule has 6 nitrogen and oxygen atoms in total. The summed E-state index contributed by atoms with van der Waals surface area (Å²) < 4.78 is 0. The molecule has 6 heteroatoms. The molecule has 0 aromatic carbocycles. The van der Waals surface area contributed by atoms with Crippen LogP contribution < -0.4 is 10.2 Å². The van der Waals surface area contributed by atoms with Crippen LogP contribution in [0.4, 0.5) is 5.82 Å². The van der Waals surface area contributed by atoms with E-state index in [9.17, 15) is 9.90 Å². The maximum atomic E-state index is 12.4. The first-order chi connectivity index (χ1) is 10.9. The van der Waals surface area contributed by atoms with Gasteiger partial charge in [0.15, 0.2) is 0 Å². The fraction of sp³-hybridized carbons (Fsp3) is 0.706. The summed E-state index contributed by atoms with van der Waals surface area (Å²) in [6.45, 7) is 7.94. The minimum absolute atomic E-state index is 0.0111. The summed E-state index contributed by atoms with van der Waals surface area (Å²) in [6, 6.07) is -0.166. The third-order valence-electron chi connectivity index (χ3n) is 4.16. The van der Waals surface area contributed by atoms with Crippen molar-refractivity contribution in [2.45, 2.75) is 46.1 Å². The Morgan fingerprint density at radius 3 is 2.61 bits per heavy atom. The molecular weight excluding hydrogens is 292 g/mol. The number of hydrogen-bond acceptors (Lipinski definition) is 5. The number of aliphatic hydroxyl groups is 1. The van der Waals surface area contributed by atoms with E-state index in [1.165, 1.54) is 0 Å². The van der Waals surface area contributed by atoms with Gasteiger partial charge in [-0.25, -0.2) is 4.98 Å². The zero-order chi connectivity index (χ0) is 16.9. The molecule has 0 bridgehead atoms. The largest absolute Gasteiger partial charge is 0.394 e. The van der Waals surface area contributed by atoms with Crippen LogP contribution >= 0.6 is 0 Å². The molecule has 1 unspecified atom stereocenters. The number of aliphatic hydroxyl groups excluding tert-OH is 1. The molecule has 1 amide bonds. The van der Waals surface area contributed by atoms with Gasteiger partial charge in [0.25, 0.3) is 0 Å². The Kier molecular flexibility index (Phi) is 5.93. The number of piperidine rings is 1. The standard InChI is InChI=1S/C17H28N4O2/c1-17(2,3)10-14(12-22)20-16(23)13-4-8-21(9-5-13)15-11-18-6-7-19-15/h6-7,11,13-14,22H,4-5,8-10,12H2,1-3H3,(H,20,23). The molecule has 1 fully saturated rings. The van der Waals surface area contributed by atoms with Crippen molar-refractivity contribution in [2.24, 2.45) is 11.3 Å². The van der Waals surface area contributed by atoms with Gasteiger partial charge in [0.1, 0.15) is 5.82 Å². The molecule has 2 heterocycles. The van der Waals surface area contributed by atoms with Crippen molar-refractivity contribution in [1.82, 2.24) is 15.3 Å². The van der Waals surface area contributed by atoms with Gasteiger partial charge >= 0.3 is 0 Å². The van der Waals surface area contributed by atoms with Crippen LogP contribution in [0.2, 0.25) is 0 Å². The highest BCUT2D eigenvalue weighted by Gasteiger charge is 2.28. The van der Waals surface area contributed by atoms with Crippen LogP contribution in [0.5, 0.6) is 0 Å². The predicted molar refractivity (Wildman–Crippen MR) is 90.1 cm³/mol. The van der Waals surface area contributed by atoms with Crippen molar-refractivity contribution in [1.29, 1.82) is 0 Å². The molecule has 0 aliphatic carbocycles. The SMILES string of the molecule is CC(C)(C)CC(CO)NC(=O)C1CCN(c2cnccn2)CC1. The topological polar surface area (TPSA) is 78.4 Å². The van der Waals surface area contributed by atoms with Gasteiger partial charge in [0.05, 0.1) is 18.8 Å². The van der Waals surface area contributed by atoms with Crippen molar-refractivity contribution in [3.63, 3.8) is 0 Å². The zero-order valence-electron chi connectivity index (χ0n) is 14.3. The van der Waals surface area contributed by atoms with Crippen LogP contribution in [0.25, 0.3) is 0 Å². The molecule has 1 aromatic rings. The maximum absolute atomic E-state index is 12.4. The van der Waals surface area contributed by atoms with E-state index in [1.807, 2.05) is 0 Å². The lowest BCUT2D eigenvalue weighted by atomic mass is 9.87. The third kappa shape index (κ3) is 5.46. The van der Waals surface area contributed by atoms with Crippen LogP contribution in [0.1, 0.15) is 40.0 Å². The molecule has 1 saturated heterocycles. The van der Waals surface area contributed by atoms with Crippen LogP contribution in [-0.4, -0.2) is 46.7 Å². The summed E-state index contributed by atoms with van der Waals surface area (Å²) >= 11 is 0. The van der Waals surface area contributed by atoms with Crippen molar-refractivity contribution in [3.05, 3.63) is 18.6 Å². The lowest BCUT2D eigenvalue weighted by Gasteiger charge is -2.33. The van der Waals surface area contributed by atoms with Gasteiger partial charge in [-0.1, -0.05) is 20.8 Å². The van der Waals surface area contributed by atoms with Gasteiger partial charge < -0.3 is 15.3 Å². The maximum Gasteiger partial charge on any atom is 0.223 e. The number of aromatic nitrogens is 2. The second kappa shape index (κ2) is 7.73. The van der Waals surface area contributed by atoms with E-state index in [0.29, 0.717) is 0 Å². The first-order valence-corrected chi connectivity index (χ1v) is 8.31. The quantitative estimate of drug-likeness (QED) is 0.862. The van der Waals surface area contributed by atoms with Crippen LogP contribution in [-0.2, 0) is 4.79 Å². The minimum atomic E-state index is -0.166. The highest BCUT2D eigenvalue weighted by molar-refractivity contribution is 5.79. The lowest BCUT2D eigenvalue weighted by Crippen LogP contribution is -2.46. The number of carbonyl (C=O) groups excluding carboxylic acids is 1. The van der Waals surface area contributed by atoms with Crippen LogP contribution in [0.3, 0.4) is 0 Å². The Morgan fingerprint density at radius 1 is 1.39 bits per heavy atom. The summed E-state index contributed by atoms with van der Waals surface area (Å²) in [5, 5.41) is 12.5. The Hall–Kier alpha value is -1.69. The summed E-state index contributed by atoms with van der Waals surface area (Å²) in [7, 11) is 0. The van der Waals surface area contributed by atoms with Gasteiger partial charge in [0, 0.05) is 31.4 Å². The van der Waals surface area contributed by atoms with Crippen molar-refractivity contribution in [2.75, 3.05) is 24.6 Å². The van der Waals surface area contributed by atoms with Crippen LogP contribution in [0, 0.1) is 11.3 Å². The molecule has 0 saturated carbocycles. The highest BCUT2D eigenvalue weighted by atomic mass is 16.3. The average Bonchev–Trinajstić information content (AvgIpc) is 2.54. The smallest absolute Gasteiger partial charge is 0.223 e. The molecule has 128 valence electrons. The van der Waals surface area contributed by atoms with E-state index in [1.54, 1.807) is 18.6 Å². The number of nitrogens with one attached hydrogen (secondary N) is 1. The number of amides is 1. The number of nitrogens with zero attached hydrogens (tertiary/aromatic N) is 3. The molecular formula is C17H28N4O2. The fourth-order valence-electron chi connectivity index (χ4n) is 3.04. The lowest BCUT2D eigenvalue weighted by molar-refractivity contribution is -0.126. The molecule has 1 aliphatic heterocycles. The molecule has 0 spiro atoms. The molecule has 2 N–H and O–H groups in total. The van der Waals surface area contributed by atoms with E-state index in [2.05, 4.69) is 41.0 Å². The highest BCUT2D eigenvalue weighted by Crippen LogP contribution is 2.23. The second-order valence-electron chi connectivity index (χ2n) is 7.48. The first kappa shape index (κ1) is 17.7. The molecule has 1 aromatic heterocycles. The molecule has 1 atom stereocenters. The normalized spacial score (nSPS) is 17.8. The van der Waals surface area contributed by atoms with Gasteiger partial charge in [-0.2, -0.15) is 0 Å². The molecule has 0 radical (unpaired) electrons. The van der Waals surface area contributed by atoms with E-state index < -0.39 is 0 Å². The first-order valence-electron chi connectivity index (χ1n) is 8.31. The van der Waals surface area contributed by atoms with Gasteiger partial charge in [-0.05, 0) is 24.7 Å². The van der Waals surface area contributed by atoms with Gasteiger partial charge in [-0.3, -0.25) is 9.78 Å². The Morgan fingerprint density at radius 2 is 2.09 bits per heavy atom. The number of hydrogen-bond donors (Lipinski definition) is 2. The predicted octanol–water partition coefficient (Wildman–Crippen LogP) is 1.61. The Bertz CT molecular complexity index is 493. The molecule has 2 rings (SSSR count). The van der Waals surface area contributed by atoms with Crippen molar-refractivity contribution in [3.8, 4) is 0 Å². The van der Waals surface area contributed by atoms with Crippen molar-refractivity contribution < 1.29 is 9.90 Å². The Balaban J connectivity index is 1.83. The summed E-state index contributed by atoms with van der Waals surface area (Å²) in [6.07, 6.45) is 7.48. The fourth-order valence-corrected chi connectivity index (χ4v) is 3.04.